The molecule has 0 saturated heterocycles. The van der Waals surface area contributed by atoms with Crippen LogP contribution in [0.15, 0.2) is 30.3 Å². The fourth-order valence-corrected chi connectivity index (χ4v) is 3.39. The fourth-order valence-electron chi connectivity index (χ4n) is 3.39. The number of hydrogen-bond donors (Lipinski definition) is 2. The van der Waals surface area contributed by atoms with Crippen LogP contribution in [0.5, 0.6) is 5.75 Å². The third-order valence-corrected chi connectivity index (χ3v) is 4.52. The van der Waals surface area contributed by atoms with Gasteiger partial charge in [-0.15, -0.1) is 0 Å². The molecule has 2 heterocycles. The molecule has 7 nitrogen and oxygen atoms in total. The van der Waals surface area contributed by atoms with Crippen molar-refractivity contribution in [3.05, 3.63) is 41.7 Å². The number of anilines is 1. The summed E-state index contributed by atoms with van der Waals surface area (Å²) in [5.74, 6) is 1.36. The number of aromatic nitrogens is 2. The third kappa shape index (κ3) is 5.47. The summed E-state index contributed by atoms with van der Waals surface area (Å²) in [6.07, 6.45) is 1.10. The number of benzene rings is 1. The minimum Gasteiger partial charge on any atom is -0.497 e. The first-order valence-corrected chi connectivity index (χ1v) is 9.50. The Bertz CT molecular complexity index is 771. The molecule has 2 aromatic rings. The van der Waals surface area contributed by atoms with E-state index in [0.29, 0.717) is 23.9 Å². The van der Waals surface area contributed by atoms with Crippen LogP contribution in [0, 0.1) is 5.92 Å². The van der Waals surface area contributed by atoms with Gasteiger partial charge < -0.3 is 15.4 Å². The van der Waals surface area contributed by atoms with Gasteiger partial charge in [-0.3, -0.25) is 9.58 Å². The number of carbonyl (C=O) groups excluding carboxylic acids is 1. The van der Waals surface area contributed by atoms with E-state index in [1.54, 1.807) is 13.2 Å². The van der Waals surface area contributed by atoms with E-state index < -0.39 is 0 Å². The molecule has 0 radical (unpaired) electrons. The summed E-state index contributed by atoms with van der Waals surface area (Å²) in [5.41, 5.74) is 2.80. The molecule has 0 unspecified atom stereocenters. The van der Waals surface area contributed by atoms with E-state index in [2.05, 4.69) is 45.2 Å². The third-order valence-electron chi connectivity index (χ3n) is 4.52. The number of urea groups is 1. The highest BCUT2D eigenvalue weighted by Gasteiger charge is 2.17. The summed E-state index contributed by atoms with van der Waals surface area (Å²) in [5, 5.41) is 10.3. The van der Waals surface area contributed by atoms with E-state index in [4.69, 9.17) is 4.74 Å². The van der Waals surface area contributed by atoms with Crippen LogP contribution >= 0.6 is 0 Å². The van der Waals surface area contributed by atoms with Crippen LogP contribution in [0.1, 0.15) is 31.7 Å². The van der Waals surface area contributed by atoms with Crippen LogP contribution in [0.4, 0.5) is 10.5 Å². The number of ether oxygens (including phenoxy) is 1. The molecule has 0 bridgehead atoms. The molecule has 1 aliphatic heterocycles. The molecular formula is C20H29N5O2. The van der Waals surface area contributed by atoms with Crippen molar-refractivity contribution >= 4 is 11.7 Å². The number of rotatable bonds is 6. The molecule has 0 saturated carbocycles. The van der Waals surface area contributed by atoms with Crippen LogP contribution in [-0.2, 0) is 19.6 Å². The van der Waals surface area contributed by atoms with Crippen molar-refractivity contribution in [2.45, 2.75) is 39.9 Å². The van der Waals surface area contributed by atoms with E-state index >= 15 is 0 Å². The average molecular weight is 371 g/mol. The summed E-state index contributed by atoms with van der Waals surface area (Å²) in [4.78, 5) is 14.6. The lowest BCUT2D eigenvalue weighted by molar-refractivity contribution is 0.239. The van der Waals surface area contributed by atoms with Crippen molar-refractivity contribution in [2.24, 2.45) is 5.92 Å². The number of methoxy groups -OCH3 is 1. The molecule has 1 aromatic carbocycles. The second-order valence-corrected chi connectivity index (χ2v) is 7.37. The molecular weight excluding hydrogens is 342 g/mol. The quantitative estimate of drug-likeness (QED) is 0.819. The maximum Gasteiger partial charge on any atom is 0.319 e. The minimum absolute atomic E-state index is 0.257. The predicted molar refractivity (Wildman–Crippen MR) is 106 cm³/mol. The highest BCUT2D eigenvalue weighted by molar-refractivity contribution is 5.89. The van der Waals surface area contributed by atoms with Gasteiger partial charge in [-0.1, -0.05) is 19.9 Å². The van der Waals surface area contributed by atoms with E-state index in [-0.39, 0.29) is 6.03 Å². The maximum atomic E-state index is 12.2. The molecule has 2 amide bonds. The Kier molecular flexibility index (Phi) is 6.34. The normalized spacial score (nSPS) is 14.5. The van der Waals surface area contributed by atoms with Gasteiger partial charge in [0.2, 0.25) is 0 Å². The molecule has 1 aliphatic rings. The predicted octanol–water partition coefficient (Wildman–Crippen LogP) is 3.08. The minimum atomic E-state index is -0.257. The van der Waals surface area contributed by atoms with E-state index in [1.165, 1.54) is 5.69 Å². The molecule has 3 rings (SSSR count). The van der Waals surface area contributed by atoms with Gasteiger partial charge in [0.25, 0.3) is 0 Å². The maximum absolute atomic E-state index is 12.2. The second-order valence-electron chi connectivity index (χ2n) is 7.37. The molecule has 27 heavy (non-hydrogen) atoms. The molecule has 1 aromatic heterocycles. The lowest BCUT2D eigenvalue weighted by Gasteiger charge is -2.21. The fraction of sp³-hybridized carbons (Fsp3) is 0.500. The van der Waals surface area contributed by atoms with Crippen LogP contribution in [0.2, 0.25) is 0 Å². The number of amides is 2. The molecule has 2 N–H and O–H groups in total. The van der Waals surface area contributed by atoms with Crippen LogP contribution < -0.4 is 15.4 Å². The van der Waals surface area contributed by atoms with E-state index in [0.717, 1.165) is 38.3 Å². The number of hydrogen-bond acceptors (Lipinski definition) is 4. The topological polar surface area (TPSA) is 71.4 Å². The Morgan fingerprint density at radius 2 is 2.15 bits per heavy atom. The van der Waals surface area contributed by atoms with Gasteiger partial charge in [0, 0.05) is 37.9 Å². The highest BCUT2D eigenvalue weighted by atomic mass is 16.5. The first kappa shape index (κ1) is 19.2. The van der Waals surface area contributed by atoms with Crippen molar-refractivity contribution < 1.29 is 9.53 Å². The zero-order chi connectivity index (χ0) is 19.2. The van der Waals surface area contributed by atoms with Gasteiger partial charge in [-0.25, -0.2) is 4.79 Å². The summed E-state index contributed by atoms with van der Waals surface area (Å²) in [7, 11) is 1.60. The summed E-state index contributed by atoms with van der Waals surface area (Å²) >= 11 is 0. The van der Waals surface area contributed by atoms with Crippen molar-refractivity contribution in [3.63, 3.8) is 0 Å². The first-order valence-electron chi connectivity index (χ1n) is 9.50. The molecule has 0 aliphatic carbocycles. The van der Waals surface area contributed by atoms with Crippen molar-refractivity contribution in [3.8, 4) is 5.75 Å². The van der Waals surface area contributed by atoms with Crippen molar-refractivity contribution in [1.82, 2.24) is 20.0 Å². The number of fused-ring (bicyclic) bond motifs is 1. The Morgan fingerprint density at radius 3 is 2.93 bits per heavy atom. The number of nitrogens with zero attached hydrogens (tertiary/aromatic N) is 3. The van der Waals surface area contributed by atoms with Crippen LogP contribution in [0.25, 0.3) is 0 Å². The van der Waals surface area contributed by atoms with Crippen molar-refractivity contribution in [1.29, 1.82) is 0 Å². The Morgan fingerprint density at radius 1 is 1.30 bits per heavy atom. The summed E-state index contributed by atoms with van der Waals surface area (Å²) in [6, 6.07) is 9.12. The standard InChI is InChI=1S/C20H29N5O2/c1-15(2)13-24-8-5-9-25-18(14-24)10-17(23-25)12-21-20(26)22-16-6-4-7-19(11-16)27-3/h4,6-7,10-11,15H,5,8-9,12-14H2,1-3H3,(H2,21,22,26). The smallest absolute Gasteiger partial charge is 0.319 e. The zero-order valence-electron chi connectivity index (χ0n) is 16.4. The van der Waals surface area contributed by atoms with Crippen molar-refractivity contribution in [2.75, 3.05) is 25.5 Å². The summed E-state index contributed by atoms with van der Waals surface area (Å²) < 4.78 is 7.25. The lowest BCUT2D eigenvalue weighted by atomic mass is 10.2. The van der Waals surface area contributed by atoms with Gasteiger partial charge in [-0.2, -0.15) is 5.10 Å². The first-order chi connectivity index (χ1) is 13.0. The average Bonchev–Trinajstić information content (AvgIpc) is 2.92. The zero-order valence-corrected chi connectivity index (χ0v) is 16.4. The molecule has 0 atom stereocenters. The largest absolute Gasteiger partial charge is 0.497 e. The number of carbonyl (C=O) groups is 1. The van der Waals surface area contributed by atoms with Gasteiger partial charge >= 0.3 is 6.03 Å². The molecule has 7 heteroatoms. The Labute approximate surface area is 160 Å². The van der Waals surface area contributed by atoms with Gasteiger partial charge in [0.15, 0.2) is 0 Å². The number of nitrogens with one attached hydrogen (secondary N) is 2. The van der Waals surface area contributed by atoms with Crippen LogP contribution in [-0.4, -0.2) is 40.9 Å². The van der Waals surface area contributed by atoms with Crippen LogP contribution in [0.3, 0.4) is 0 Å². The SMILES string of the molecule is COc1cccc(NC(=O)NCc2cc3n(n2)CCCN(CC(C)C)C3)c1. The molecule has 146 valence electrons. The van der Waals surface area contributed by atoms with Gasteiger partial charge in [0.05, 0.1) is 25.0 Å². The molecule has 0 fully saturated rings. The lowest BCUT2D eigenvalue weighted by Crippen LogP contribution is -2.28. The monoisotopic (exact) mass is 371 g/mol. The van der Waals surface area contributed by atoms with Gasteiger partial charge in [-0.05, 0) is 30.5 Å². The Hall–Kier alpha value is -2.54. The Balaban J connectivity index is 1.55. The van der Waals surface area contributed by atoms with Gasteiger partial charge in [0.1, 0.15) is 5.75 Å². The molecule has 0 spiro atoms. The second kappa shape index (κ2) is 8.90. The van der Waals surface area contributed by atoms with E-state index in [1.807, 2.05) is 18.2 Å². The highest BCUT2D eigenvalue weighted by Crippen LogP contribution is 2.17. The number of aryl methyl sites for hydroxylation is 1. The summed E-state index contributed by atoms with van der Waals surface area (Å²) in [6.45, 7) is 8.96. The van der Waals surface area contributed by atoms with E-state index in [9.17, 15) is 4.79 Å².